The smallest absolute Gasteiger partial charge is 0.255 e. The number of carbonyl (C=O) groups excluding carboxylic acids is 1. The van der Waals surface area contributed by atoms with Crippen LogP contribution in [0.15, 0.2) is 39.9 Å². The first-order valence-corrected chi connectivity index (χ1v) is 8.11. The predicted molar refractivity (Wildman–Crippen MR) is 91.0 cm³/mol. The first-order valence-electron chi connectivity index (χ1n) is 7.73. The molecule has 3 rings (SSSR count). The molecular formula is C17H19ClFN3O. The van der Waals surface area contributed by atoms with Gasteiger partial charge in [-0.15, -0.1) is 0 Å². The van der Waals surface area contributed by atoms with Crippen LogP contribution in [0.4, 0.5) is 10.1 Å². The van der Waals surface area contributed by atoms with E-state index >= 15 is 0 Å². The molecule has 0 bridgehead atoms. The molecule has 0 spiro atoms. The van der Waals surface area contributed by atoms with Gasteiger partial charge in [0.25, 0.3) is 5.91 Å². The topological polar surface area (TPSA) is 53.5 Å². The summed E-state index contributed by atoms with van der Waals surface area (Å²) in [6, 6.07) is 7.25. The molecule has 2 aliphatic heterocycles. The fourth-order valence-corrected chi connectivity index (χ4v) is 3.06. The molecule has 1 aromatic rings. The Morgan fingerprint density at radius 3 is 2.61 bits per heavy atom. The zero-order valence-electron chi connectivity index (χ0n) is 13.0. The van der Waals surface area contributed by atoms with Gasteiger partial charge in [0.1, 0.15) is 5.67 Å². The van der Waals surface area contributed by atoms with Crippen LogP contribution in [0.25, 0.3) is 0 Å². The molecule has 23 heavy (non-hydrogen) atoms. The molecule has 2 heterocycles. The number of alkyl halides is 1. The first-order chi connectivity index (χ1) is 11.0. The van der Waals surface area contributed by atoms with Gasteiger partial charge in [-0.25, -0.2) is 4.39 Å². The second-order valence-electron chi connectivity index (χ2n) is 5.99. The summed E-state index contributed by atoms with van der Waals surface area (Å²) in [5.41, 5.74) is 1.72. The standard InChI is InChI=1S/C17H19ClFN3O/c1-2-14-15(18)13(8-21-14)16(23)22-12-5-3-11(4-6-12)7-17(19)9-20-10-17/h3-6,20H,2,7-10H2,1H3,(H,22,23). The van der Waals surface area contributed by atoms with Crippen molar-refractivity contribution in [3.05, 3.63) is 40.4 Å². The summed E-state index contributed by atoms with van der Waals surface area (Å²) in [5.74, 6) is -0.236. The summed E-state index contributed by atoms with van der Waals surface area (Å²) in [4.78, 5) is 16.5. The third-order valence-corrected chi connectivity index (χ3v) is 4.62. The SMILES string of the molecule is CCC1=NCC(C(=O)Nc2ccc(CC3(F)CNC3)cc2)=C1Cl. The summed E-state index contributed by atoms with van der Waals surface area (Å²) < 4.78 is 14.1. The van der Waals surface area contributed by atoms with Crippen LogP contribution >= 0.6 is 11.6 Å². The van der Waals surface area contributed by atoms with Gasteiger partial charge in [0.05, 0.1) is 22.9 Å². The highest BCUT2D eigenvalue weighted by atomic mass is 35.5. The van der Waals surface area contributed by atoms with Crippen LogP contribution in [0, 0.1) is 0 Å². The highest BCUT2D eigenvalue weighted by Crippen LogP contribution is 2.25. The number of amides is 1. The van der Waals surface area contributed by atoms with E-state index in [1.54, 1.807) is 12.1 Å². The number of hydrogen-bond acceptors (Lipinski definition) is 3. The maximum absolute atomic E-state index is 14.1. The van der Waals surface area contributed by atoms with E-state index in [9.17, 15) is 9.18 Å². The normalized spacial score (nSPS) is 19.3. The Bertz CT molecular complexity index is 678. The number of hydrogen-bond donors (Lipinski definition) is 2. The van der Waals surface area contributed by atoms with E-state index in [0.29, 0.717) is 48.8 Å². The monoisotopic (exact) mass is 335 g/mol. The van der Waals surface area contributed by atoms with Crippen LogP contribution in [0.1, 0.15) is 18.9 Å². The largest absolute Gasteiger partial charge is 0.322 e. The zero-order chi connectivity index (χ0) is 16.4. The number of anilines is 1. The number of carbonyl (C=O) groups is 1. The average Bonchev–Trinajstić information content (AvgIpc) is 2.88. The number of halogens is 2. The molecule has 1 fully saturated rings. The molecule has 122 valence electrons. The van der Waals surface area contributed by atoms with Gasteiger partial charge < -0.3 is 10.6 Å². The second kappa shape index (κ2) is 6.42. The molecule has 1 amide bonds. The Hall–Kier alpha value is -1.72. The lowest BCUT2D eigenvalue weighted by atomic mass is 9.91. The van der Waals surface area contributed by atoms with E-state index in [1.165, 1.54) is 0 Å². The fourth-order valence-electron chi connectivity index (χ4n) is 2.73. The highest BCUT2D eigenvalue weighted by Gasteiger charge is 2.36. The van der Waals surface area contributed by atoms with E-state index in [2.05, 4.69) is 15.6 Å². The van der Waals surface area contributed by atoms with E-state index in [-0.39, 0.29) is 5.91 Å². The second-order valence-corrected chi connectivity index (χ2v) is 6.37. The molecule has 6 heteroatoms. The Kier molecular flexibility index (Phi) is 4.50. The number of allylic oxidation sites excluding steroid dienone is 1. The number of benzene rings is 1. The van der Waals surface area contributed by atoms with E-state index < -0.39 is 5.67 Å². The minimum absolute atomic E-state index is 0.236. The lowest BCUT2D eigenvalue weighted by molar-refractivity contribution is -0.112. The van der Waals surface area contributed by atoms with Crippen LogP contribution in [-0.4, -0.2) is 36.9 Å². The zero-order valence-corrected chi connectivity index (χ0v) is 13.7. The average molecular weight is 336 g/mol. The summed E-state index contributed by atoms with van der Waals surface area (Å²) in [7, 11) is 0. The molecule has 2 aliphatic rings. The molecule has 0 radical (unpaired) electrons. The van der Waals surface area contributed by atoms with E-state index in [1.807, 2.05) is 19.1 Å². The summed E-state index contributed by atoms with van der Waals surface area (Å²) in [6.07, 6.45) is 1.10. The van der Waals surface area contributed by atoms with Crippen molar-refractivity contribution in [1.29, 1.82) is 0 Å². The van der Waals surface area contributed by atoms with Gasteiger partial charge in [-0.1, -0.05) is 30.7 Å². The van der Waals surface area contributed by atoms with Gasteiger partial charge in [-0.3, -0.25) is 9.79 Å². The van der Waals surface area contributed by atoms with Gasteiger partial charge in [0.2, 0.25) is 0 Å². The van der Waals surface area contributed by atoms with Gasteiger partial charge in [0.15, 0.2) is 0 Å². The Morgan fingerprint density at radius 1 is 1.39 bits per heavy atom. The molecule has 0 atom stereocenters. The van der Waals surface area contributed by atoms with E-state index in [4.69, 9.17) is 11.6 Å². The van der Waals surface area contributed by atoms with Crippen LogP contribution in [0.3, 0.4) is 0 Å². The third-order valence-electron chi connectivity index (χ3n) is 4.17. The Balaban J connectivity index is 1.62. The fraction of sp³-hybridized carbons (Fsp3) is 0.412. The van der Waals surface area contributed by atoms with Crippen molar-refractivity contribution in [1.82, 2.24) is 5.32 Å². The molecule has 2 N–H and O–H groups in total. The summed E-state index contributed by atoms with van der Waals surface area (Å²) in [5, 5.41) is 6.22. The van der Waals surface area contributed by atoms with Crippen LogP contribution < -0.4 is 10.6 Å². The maximum Gasteiger partial charge on any atom is 0.255 e. The first kappa shape index (κ1) is 16.1. The lowest BCUT2D eigenvalue weighted by Crippen LogP contribution is -2.57. The van der Waals surface area contributed by atoms with Gasteiger partial charge >= 0.3 is 0 Å². The highest BCUT2D eigenvalue weighted by molar-refractivity contribution is 6.46. The molecule has 0 aliphatic carbocycles. The minimum atomic E-state index is -1.14. The molecule has 0 saturated carbocycles. The van der Waals surface area contributed by atoms with Gasteiger partial charge in [0, 0.05) is 25.2 Å². The summed E-state index contributed by atoms with van der Waals surface area (Å²) in [6.45, 7) is 3.08. The van der Waals surface area contributed by atoms with Crippen molar-refractivity contribution >= 4 is 28.9 Å². The Morgan fingerprint density at radius 2 is 2.09 bits per heavy atom. The van der Waals surface area contributed by atoms with Crippen LogP contribution in [0.2, 0.25) is 0 Å². The van der Waals surface area contributed by atoms with Crippen LogP contribution in [0.5, 0.6) is 0 Å². The predicted octanol–water partition coefficient (Wildman–Crippen LogP) is 2.84. The van der Waals surface area contributed by atoms with Crippen molar-refractivity contribution in [2.75, 3.05) is 25.0 Å². The molecule has 4 nitrogen and oxygen atoms in total. The van der Waals surface area contributed by atoms with Gasteiger partial charge in [-0.05, 0) is 24.1 Å². The third kappa shape index (κ3) is 3.46. The summed E-state index contributed by atoms with van der Waals surface area (Å²) >= 11 is 6.17. The van der Waals surface area contributed by atoms with Crippen molar-refractivity contribution < 1.29 is 9.18 Å². The van der Waals surface area contributed by atoms with E-state index in [0.717, 1.165) is 11.3 Å². The number of nitrogens with one attached hydrogen (secondary N) is 2. The maximum atomic E-state index is 14.1. The number of nitrogens with zero attached hydrogens (tertiary/aromatic N) is 1. The quantitative estimate of drug-likeness (QED) is 0.869. The van der Waals surface area contributed by atoms with Crippen molar-refractivity contribution in [2.24, 2.45) is 4.99 Å². The van der Waals surface area contributed by atoms with Crippen molar-refractivity contribution in [3.63, 3.8) is 0 Å². The Labute approximate surface area is 139 Å². The number of rotatable bonds is 5. The molecule has 0 unspecified atom stereocenters. The van der Waals surface area contributed by atoms with Crippen molar-refractivity contribution in [2.45, 2.75) is 25.4 Å². The number of aliphatic imine (C=N–C) groups is 1. The molecule has 1 aromatic carbocycles. The molecule has 0 aromatic heterocycles. The molecule has 1 saturated heterocycles. The van der Waals surface area contributed by atoms with Crippen LogP contribution in [-0.2, 0) is 11.2 Å². The minimum Gasteiger partial charge on any atom is -0.322 e. The molecular weight excluding hydrogens is 317 g/mol. The lowest BCUT2D eigenvalue weighted by Gasteiger charge is -2.35. The van der Waals surface area contributed by atoms with Crippen molar-refractivity contribution in [3.8, 4) is 0 Å². The van der Waals surface area contributed by atoms with Gasteiger partial charge in [-0.2, -0.15) is 0 Å².